The highest BCUT2D eigenvalue weighted by atomic mass is 16.5. The summed E-state index contributed by atoms with van der Waals surface area (Å²) in [6, 6.07) is 5.34. The predicted molar refractivity (Wildman–Crippen MR) is 112 cm³/mol. The third-order valence-electron chi connectivity index (χ3n) is 4.67. The number of ether oxygens (including phenoxy) is 2. The monoisotopic (exact) mass is 399 g/mol. The third-order valence-corrected chi connectivity index (χ3v) is 4.67. The molecule has 1 aromatic rings. The lowest BCUT2D eigenvalue weighted by Crippen LogP contribution is -2.43. The molecule has 2 heterocycles. The van der Waals surface area contributed by atoms with Crippen LogP contribution in [0.25, 0.3) is 6.08 Å². The molecule has 1 N–H and O–H groups in total. The number of fused-ring (bicyclic) bond motifs is 1. The van der Waals surface area contributed by atoms with Crippen LogP contribution in [-0.4, -0.2) is 48.4 Å². The number of hydrogen-bond donors (Lipinski definition) is 1. The molecule has 0 bridgehead atoms. The molecule has 156 valence electrons. The molecular formula is C22H29N3O4. The quantitative estimate of drug-likeness (QED) is 0.772. The van der Waals surface area contributed by atoms with E-state index < -0.39 is 0 Å². The minimum atomic E-state index is -0.317. The van der Waals surface area contributed by atoms with E-state index >= 15 is 0 Å². The molecule has 7 nitrogen and oxygen atoms in total. The lowest BCUT2D eigenvalue weighted by atomic mass is 10.1. The van der Waals surface area contributed by atoms with Gasteiger partial charge in [0, 0.05) is 18.5 Å². The molecule has 0 spiro atoms. The van der Waals surface area contributed by atoms with Crippen LogP contribution in [0.2, 0.25) is 0 Å². The number of nitrogens with one attached hydrogen (secondary N) is 1. The van der Waals surface area contributed by atoms with E-state index in [1.807, 2.05) is 26.8 Å². The lowest BCUT2D eigenvalue weighted by Gasteiger charge is -2.20. The molecule has 0 radical (unpaired) electrons. The maximum Gasteiger partial charge on any atom is 0.277 e. The van der Waals surface area contributed by atoms with E-state index in [1.165, 1.54) is 0 Å². The van der Waals surface area contributed by atoms with E-state index in [-0.39, 0.29) is 24.0 Å². The van der Waals surface area contributed by atoms with Crippen molar-refractivity contribution in [3.63, 3.8) is 0 Å². The molecule has 2 aliphatic heterocycles. The van der Waals surface area contributed by atoms with Crippen LogP contribution >= 0.6 is 0 Å². The highest BCUT2D eigenvalue weighted by Gasteiger charge is 2.30. The van der Waals surface area contributed by atoms with E-state index in [4.69, 9.17) is 9.47 Å². The summed E-state index contributed by atoms with van der Waals surface area (Å²) in [6.07, 6.45) is 5.83. The zero-order valence-electron chi connectivity index (χ0n) is 17.6. The summed E-state index contributed by atoms with van der Waals surface area (Å²) in [6.45, 7) is 6.37. The number of methoxy groups -OCH3 is 1. The van der Waals surface area contributed by atoms with E-state index in [1.54, 1.807) is 30.2 Å². The summed E-state index contributed by atoms with van der Waals surface area (Å²) in [4.78, 5) is 31.0. The largest absolute Gasteiger partial charge is 0.493 e. The van der Waals surface area contributed by atoms with Gasteiger partial charge in [-0.1, -0.05) is 12.5 Å². The Morgan fingerprint density at radius 2 is 2.03 bits per heavy atom. The molecule has 3 rings (SSSR count). The number of amides is 2. The molecule has 2 amide bonds. The molecule has 1 saturated heterocycles. The normalized spacial score (nSPS) is 18.2. The van der Waals surface area contributed by atoms with Gasteiger partial charge in [-0.2, -0.15) is 0 Å². The molecule has 1 aromatic carbocycles. The first kappa shape index (κ1) is 20.9. The van der Waals surface area contributed by atoms with Gasteiger partial charge in [-0.3, -0.25) is 14.5 Å². The Kier molecular flexibility index (Phi) is 6.25. The van der Waals surface area contributed by atoms with Gasteiger partial charge in [-0.05, 0) is 57.4 Å². The highest BCUT2D eigenvalue weighted by Crippen LogP contribution is 2.30. The van der Waals surface area contributed by atoms with Crippen LogP contribution in [0, 0.1) is 0 Å². The topological polar surface area (TPSA) is 80.2 Å². The van der Waals surface area contributed by atoms with Crippen molar-refractivity contribution >= 4 is 23.7 Å². The van der Waals surface area contributed by atoms with E-state index in [0.29, 0.717) is 17.2 Å². The summed E-state index contributed by atoms with van der Waals surface area (Å²) in [5, 5.41) is 2.85. The second-order valence-corrected chi connectivity index (χ2v) is 8.32. The summed E-state index contributed by atoms with van der Waals surface area (Å²) >= 11 is 0. The van der Waals surface area contributed by atoms with Gasteiger partial charge in [0.05, 0.1) is 7.11 Å². The number of nitrogens with zero attached hydrogens (tertiary/aromatic N) is 2. The number of carbonyl (C=O) groups excluding carboxylic acids is 2. The highest BCUT2D eigenvalue weighted by molar-refractivity contribution is 6.14. The molecule has 29 heavy (non-hydrogen) atoms. The average molecular weight is 399 g/mol. The number of hydrogen-bond acceptors (Lipinski definition) is 5. The summed E-state index contributed by atoms with van der Waals surface area (Å²) < 4.78 is 11.0. The molecule has 0 unspecified atom stereocenters. The zero-order chi connectivity index (χ0) is 21.0. The van der Waals surface area contributed by atoms with E-state index in [9.17, 15) is 9.59 Å². The molecule has 1 fully saturated rings. The third kappa shape index (κ3) is 5.37. The van der Waals surface area contributed by atoms with E-state index in [0.717, 1.165) is 43.6 Å². The van der Waals surface area contributed by atoms with Gasteiger partial charge >= 0.3 is 0 Å². The lowest BCUT2D eigenvalue weighted by molar-refractivity contribution is -0.124. The summed E-state index contributed by atoms with van der Waals surface area (Å²) in [7, 11) is 1.54. The van der Waals surface area contributed by atoms with Gasteiger partial charge in [0.15, 0.2) is 18.1 Å². The number of amidine groups is 1. The molecule has 2 aliphatic rings. The fourth-order valence-electron chi connectivity index (χ4n) is 3.40. The van der Waals surface area contributed by atoms with Crippen LogP contribution in [0.3, 0.4) is 0 Å². The molecular weight excluding hydrogens is 370 g/mol. The average Bonchev–Trinajstić information content (AvgIpc) is 2.82. The van der Waals surface area contributed by atoms with Crippen molar-refractivity contribution in [3.05, 3.63) is 29.5 Å². The molecule has 0 atom stereocenters. The standard InChI is InChI=1S/C22H29N3O4/c1-22(2,3)24-20(26)14-29-17-10-9-15(13-18(17)28-4)12-16-21(27)25-11-7-5-6-8-19(25)23-16/h9-10,12-13H,5-8,11,14H2,1-4H3,(H,24,26)/b16-12-. The second kappa shape index (κ2) is 8.68. The smallest absolute Gasteiger partial charge is 0.277 e. The Balaban J connectivity index is 1.73. The van der Waals surface area contributed by atoms with Gasteiger partial charge in [-0.25, -0.2) is 4.99 Å². The summed E-state index contributed by atoms with van der Waals surface area (Å²) in [5.41, 5.74) is 0.920. The van der Waals surface area contributed by atoms with Crippen LogP contribution in [0.15, 0.2) is 28.9 Å². The first-order valence-electron chi connectivity index (χ1n) is 10.00. The summed E-state index contributed by atoms with van der Waals surface area (Å²) in [5.74, 6) is 1.59. The van der Waals surface area contributed by atoms with Gasteiger partial charge in [-0.15, -0.1) is 0 Å². The molecule has 0 aliphatic carbocycles. The van der Waals surface area contributed by atoms with Crippen LogP contribution in [0.4, 0.5) is 0 Å². The van der Waals surface area contributed by atoms with Crippen LogP contribution < -0.4 is 14.8 Å². The van der Waals surface area contributed by atoms with Crippen molar-refractivity contribution < 1.29 is 19.1 Å². The first-order chi connectivity index (χ1) is 13.8. The van der Waals surface area contributed by atoms with Gasteiger partial charge in [0.25, 0.3) is 11.8 Å². The Bertz CT molecular complexity index is 852. The van der Waals surface area contributed by atoms with Gasteiger partial charge < -0.3 is 14.8 Å². The van der Waals surface area contributed by atoms with Crippen molar-refractivity contribution in [2.24, 2.45) is 4.99 Å². The fraction of sp³-hybridized carbons (Fsp3) is 0.500. The molecule has 0 aromatic heterocycles. The first-order valence-corrected chi connectivity index (χ1v) is 10.00. The second-order valence-electron chi connectivity index (χ2n) is 8.32. The van der Waals surface area contributed by atoms with Crippen LogP contribution in [0.1, 0.15) is 52.0 Å². The number of benzene rings is 1. The van der Waals surface area contributed by atoms with Crippen molar-refractivity contribution in [3.8, 4) is 11.5 Å². The number of rotatable bonds is 5. The minimum Gasteiger partial charge on any atom is -0.493 e. The Morgan fingerprint density at radius 3 is 2.76 bits per heavy atom. The SMILES string of the molecule is COc1cc(/C=C2\N=C3CCCCCN3C2=O)ccc1OCC(=O)NC(C)(C)C. The fourth-order valence-corrected chi connectivity index (χ4v) is 3.40. The van der Waals surface area contributed by atoms with Crippen molar-refractivity contribution in [1.82, 2.24) is 10.2 Å². The Hall–Kier alpha value is -2.83. The van der Waals surface area contributed by atoms with Crippen molar-refractivity contribution in [1.29, 1.82) is 0 Å². The Labute approximate surface area is 171 Å². The van der Waals surface area contributed by atoms with Crippen molar-refractivity contribution in [2.45, 2.75) is 52.0 Å². The molecule has 7 heteroatoms. The maximum atomic E-state index is 12.7. The minimum absolute atomic E-state index is 0.0416. The zero-order valence-corrected chi connectivity index (χ0v) is 17.6. The van der Waals surface area contributed by atoms with Gasteiger partial charge in [0.2, 0.25) is 0 Å². The van der Waals surface area contributed by atoms with E-state index in [2.05, 4.69) is 10.3 Å². The van der Waals surface area contributed by atoms with Crippen LogP contribution in [-0.2, 0) is 9.59 Å². The number of carbonyl (C=O) groups is 2. The Morgan fingerprint density at radius 1 is 1.24 bits per heavy atom. The van der Waals surface area contributed by atoms with Crippen molar-refractivity contribution in [2.75, 3.05) is 20.3 Å². The number of aliphatic imine (C=N–C) groups is 1. The molecule has 0 saturated carbocycles. The maximum absolute atomic E-state index is 12.7. The predicted octanol–water partition coefficient (Wildman–Crippen LogP) is 3.14. The van der Waals surface area contributed by atoms with Crippen LogP contribution in [0.5, 0.6) is 11.5 Å². The van der Waals surface area contributed by atoms with Gasteiger partial charge in [0.1, 0.15) is 11.5 Å².